The van der Waals surface area contributed by atoms with Crippen LogP contribution in [-0.4, -0.2) is 0 Å². The summed E-state index contributed by atoms with van der Waals surface area (Å²) in [4.78, 5) is 0. The molecule has 0 fully saturated rings. The summed E-state index contributed by atoms with van der Waals surface area (Å²) in [5.74, 6) is 0. The zero-order chi connectivity index (χ0) is 40.3. The van der Waals surface area contributed by atoms with Gasteiger partial charge in [-0.3, -0.25) is 0 Å². The molecule has 4 aromatic carbocycles. The van der Waals surface area contributed by atoms with E-state index >= 15 is 0 Å². The van der Waals surface area contributed by atoms with Crippen LogP contribution in [0.4, 0.5) is 0 Å². The number of hydrogen-bond acceptors (Lipinski definition) is 0. The van der Waals surface area contributed by atoms with E-state index in [0.29, 0.717) is 0 Å². The van der Waals surface area contributed by atoms with Gasteiger partial charge in [0.15, 0.2) is 0 Å². The van der Waals surface area contributed by atoms with Gasteiger partial charge in [0.1, 0.15) is 0 Å². The SMILES string of the molecule is CC.CC.CC.CC.CC(C)(c1ccccc1)c1ccccc1.CC(C)(c1ccccc1)c1ccccc1.CCC.CCC.CCC.CCC. The Balaban J connectivity index is -0.000000128. The van der Waals surface area contributed by atoms with Crippen molar-refractivity contribution < 1.29 is 0 Å². The van der Waals surface area contributed by atoms with Crippen molar-refractivity contribution in [1.29, 1.82) is 0 Å². The quantitative estimate of drug-likeness (QED) is 0.200. The second-order valence-corrected chi connectivity index (χ2v) is 11.5. The standard InChI is InChI=1S/2C15H16.4C3H8.4C2H6/c2*1-15(2,13-9-5-3-6-10-13)14-11-7-4-8-12-14;4*1-3-2;4*1-2/h2*3-12H,1-2H3;4*3H2,1-2H3;4*1-2H3. The Morgan fingerprint density at radius 1 is 0.260 bits per heavy atom. The molecule has 0 saturated heterocycles. The largest absolute Gasteiger partial charge is 0.0683 e. The van der Waals surface area contributed by atoms with E-state index in [0.717, 1.165) is 0 Å². The Hall–Kier alpha value is -3.12. The van der Waals surface area contributed by atoms with Crippen LogP contribution in [0.25, 0.3) is 0 Å². The van der Waals surface area contributed by atoms with Crippen molar-refractivity contribution in [1.82, 2.24) is 0 Å². The molecule has 50 heavy (non-hydrogen) atoms. The van der Waals surface area contributed by atoms with Gasteiger partial charge in [-0.25, -0.2) is 0 Å². The molecular weight excluding hydrogens is 601 g/mol. The maximum atomic E-state index is 2.26. The van der Waals surface area contributed by atoms with E-state index in [-0.39, 0.29) is 10.8 Å². The molecule has 0 unspecified atom stereocenters. The molecule has 0 heterocycles. The maximum absolute atomic E-state index is 2.26. The minimum Gasteiger partial charge on any atom is -0.0683 e. The maximum Gasteiger partial charge on any atom is 0.0146 e. The molecule has 0 atom stereocenters. The highest BCUT2D eigenvalue weighted by Crippen LogP contribution is 2.31. The molecule has 0 spiro atoms. The zero-order valence-corrected chi connectivity index (χ0v) is 37.4. The first-order valence-corrected chi connectivity index (χ1v) is 20.3. The molecule has 0 aliphatic heterocycles. The van der Waals surface area contributed by atoms with Crippen LogP contribution in [0, 0.1) is 0 Å². The topological polar surface area (TPSA) is 0 Å². The fourth-order valence-corrected chi connectivity index (χ4v) is 3.75. The van der Waals surface area contributed by atoms with Crippen molar-refractivity contribution in [3.63, 3.8) is 0 Å². The summed E-state index contributed by atoms with van der Waals surface area (Å²) in [5, 5.41) is 0. The van der Waals surface area contributed by atoms with Gasteiger partial charge < -0.3 is 0 Å². The van der Waals surface area contributed by atoms with Crippen LogP contribution in [0.3, 0.4) is 0 Å². The van der Waals surface area contributed by atoms with Gasteiger partial charge in [0.2, 0.25) is 0 Å². The highest BCUT2D eigenvalue weighted by Gasteiger charge is 2.22. The third kappa shape index (κ3) is 30.9. The van der Waals surface area contributed by atoms with Gasteiger partial charge in [0, 0.05) is 10.8 Å². The van der Waals surface area contributed by atoms with Crippen LogP contribution in [-0.2, 0) is 10.8 Å². The average molecular weight is 689 g/mol. The molecule has 0 bridgehead atoms. The summed E-state index contributed by atoms with van der Waals surface area (Å²) in [7, 11) is 0. The van der Waals surface area contributed by atoms with E-state index in [1.807, 2.05) is 55.4 Å². The average Bonchev–Trinajstić information content (AvgIpc) is 3.18. The van der Waals surface area contributed by atoms with Gasteiger partial charge in [-0.1, -0.05) is 285 Å². The number of benzene rings is 4. The lowest BCUT2D eigenvalue weighted by molar-refractivity contribution is 0.641. The van der Waals surface area contributed by atoms with Crippen molar-refractivity contribution in [3.05, 3.63) is 144 Å². The first-order chi connectivity index (χ1) is 24.1. The van der Waals surface area contributed by atoms with Gasteiger partial charge in [-0.05, 0) is 22.3 Å². The Kier molecular flexibility index (Phi) is 54.2. The molecule has 0 N–H and O–H groups in total. The third-order valence-electron chi connectivity index (χ3n) is 5.98. The molecule has 0 aromatic heterocycles. The highest BCUT2D eigenvalue weighted by molar-refractivity contribution is 5.38. The van der Waals surface area contributed by atoms with E-state index in [4.69, 9.17) is 0 Å². The van der Waals surface area contributed by atoms with Crippen molar-refractivity contribution in [2.45, 2.75) is 175 Å². The molecule has 0 aliphatic rings. The Bertz CT molecular complexity index is 884. The second-order valence-electron chi connectivity index (χ2n) is 11.5. The molecule has 0 nitrogen and oxygen atoms in total. The van der Waals surface area contributed by atoms with E-state index in [1.54, 1.807) is 0 Å². The summed E-state index contributed by atoms with van der Waals surface area (Å²) in [6.45, 7) is 42.0. The van der Waals surface area contributed by atoms with Gasteiger partial charge in [-0.2, -0.15) is 0 Å². The Morgan fingerprint density at radius 2 is 0.360 bits per heavy atom. The van der Waals surface area contributed by atoms with Crippen LogP contribution < -0.4 is 0 Å². The van der Waals surface area contributed by atoms with E-state index in [1.165, 1.54) is 47.9 Å². The predicted octanol–water partition coefficient (Wildman–Crippen LogP) is 17.8. The van der Waals surface area contributed by atoms with E-state index in [2.05, 4.69) is 204 Å². The normalized spacial score (nSPS) is 8.72. The summed E-state index contributed by atoms with van der Waals surface area (Å²) in [5.41, 5.74) is 5.60. The summed E-state index contributed by atoms with van der Waals surface area (Å²) in [6.07, 6.45) is 5.00. The molecule has 0 heteroatoms. The smallest absolute Gasteiger partial charge is 0.0146 e. The molecule has 4 aromatic rings. The molecule has 0 amide bonds. The second kappa shape index (κ2) is 45.9. The first kappa shape index (κ1) is 59.0. The number of rotatable bonds is 4. The molecule has 0 aliphatic carbocycles. The molecule has 0 radical (unpaired) electrons. The molecule has 0 saturated carbocycles. The van der Waals surface area contributed by atoms with Crippen molar-refractivity contribution in [2.75, 3.05) is 0 Å². The van der Waals surface area contributed by atoms with Crippen LogP contribution in [0.2, 0.25) is 0 Å². The van der Waals surface area contributed by atoms with Gasteiger partial charge in [0.05, 0.1) is 0 Å². The lowest BCUT2D eigenvalue weighted by atomic mass is 9.78. The minimum absolute atomic E-state index is 0.0858. The highest BCUT2D eigenvalue weighted by atomic mass is 14.3. The lowest BCUT2D eigenvalue weighted by Crippen LogP contribution is -2.18. The fraction of sp³-hybridized carbons (Fsp3) is 0.520. The Labute approximate surface area is 317 Å². The van der Waals surface area contributed by atoms with E-state index < -0.39 is 0 Å². The van der Waals surface area contributed by atoms with Crippen LogP contribution >= 0.6 is 0 Å². The van der Waals surface area contributed by atoms with Gasteiger partial charge in [0.25, 0.3) is 0 Å². The predicted molar refractivity (Wildman–Crippen MR) is 239 cm³/mol. The molecule has 4 rings (SSSR count). The number of hydrogen-bond donors (Lipinski definition) is 0. The third-order valence-corrected chi connectivity index (χ3v) is 5.98. The van der Waals surface area contributed by atoms with E-state index in [9.17, 15) is 0 Å². The summed E-state index contributed by atoms with van der Waals surface area (Å²) in [6, 6.07) is 42.5. The minimum atomic E-state index is 0.0858. The Morgan fingerprint density at radius 3 is 0.460 bits per heavy atom. The van der Waals surface area contributed by atoms with Crippen molar-refractivity contribution in [3.8, 4) is 0 Å². The zero-order valence-electron chi connectivity index (χ0n) is 37.4. The monoisotopic (exact) mass is 689 g/mol. The van der Waals surface area contributed by atoms with Gasteiger partial charge in [-0.15, -0.1) is 0 Å². The van der Waals surface area contributed by atoms with Crippen molar-refractivity contribution >= 4 is 0 Å². The molecule has 288 valence electrons. The van der Waals surface area contributed by atoms with Crippen LogP contribution in [0.1, 0.15) is 186 Å². The van der Waals surface area contributed by atoms with Gasteiger partial charge >= 0.3 is 0 Å². The first-order valence-electron chi connectivity index (χ1n) is 20.3. The fourth-order valence-electron chi connectivity index (χ4n) is 3.75. The lowest BCUT2D eigenvalue weighted by Gasteiger charge is -2.25. The summed E-state index contributed by atoms with van der Waals surface area (Å²) >= 11 is 0. The molecular formula is C50H88. The van der Waals surface area contributed by atoms with Crippen LogP contribution in [0.15, 0.2) is 121 Å². The summed E-state index contributed by atoms with van der Waals surface area (Å²) < 4.78 is 0. The van der Waals surface area contributed by atoms with Crippen LogP contribution in [0.5, 0.6) is 0 Å². The van der Waals surface area contributed by atoms with Crippen molar-refractivity contribution in [2.24, 2.45) is 0 Å².